The highest BCUT2D eigenvalue weighted by Crippen LogP contribution is 2.24. The molecule has 0 bridgehead atoms. The lowest BCUT2D eigenvalue weighted by Gasteiger charge is -2.32. The Kier molecular flexibility index (Phi) is 4.53. The Labute approximate surface area is 121 Å². The van der Waals surface area contributed by atoms with Crippen molar-refractivity contribution in [2.45, 2.75) is 32.7 Å². The molecular formula is C16H25N3O. The van der Waals surface area contributed by atoms with Gasteiger partial charge in [0, 0.05) is 51.5 Å². The van der Waals surface area contributed by atoms with Crippen LogP contribution in [0, 0.1) is 6.92 Å². The third kappa shape index (κ3) is 3.44. The lowest BCUT2D eigenvalue weighted by atomic mass is 10.0. The summed E-state index contributed by atoms with van der Waals surface area (Å²) in [5, 5.41) is 3.60. The normalized spacial score (nSPS) is 16.1. The number of rotatable bonds is 3. The quantitative estimate of drug-likeness (QED) is 0.920. The van der Waals surface area contributed by atoms with Crippen LogP contribution in [0.4, 0.5) is 11.4 Å². The number of nitrogens with one attached hydrogen (secondary N) is 1. The molecular weight excluding hydrogens is 250 g/mol. The molecule has 1 aliphatic heterocycles. The molecule has 0 aliphatic carbocycles. The highest BCUT2D eigenvalue weighted by molar-refractivity contribution is 5.73. The molecule has 0 atom stereocenters. The standard InChI is InChI=1S/C16H25N3O/c1-12-5-6-15(11-16(12)18(3)4)17-14-7-9-19(10-8-14)13(2)20/h5-6,11,14,17H,7-10H2,1-4H3. The van der Waals surface area contributed by atoms with Crippen molar-refractivity contribution < 1.29 is 4.79 Å². The van der Waals surface area contributed by atoms with Crippen LogP contribution >= 0.6 is 0 Å². The average molecular weight is 275 g/mol. The molecule has 110 valence electrons. The van der Waals surface area contributed by atoms with E-state index in [9.17, 15) is 4.79 Å². The van der Waals surface area contributed by atoms with Gasteiger partial charge in [-0.1, -0.05) is 6.07 Å². The molecule has 0 aromatic heterocycles. The van der Waals surface area contributed by atoms with E-state index >= 15 is 0 Å². The highest BCUT2D eigenvalue weighted by Gasteiger charge is 2.20. The minimum Gasteiger partial charge on any atom is -0.382 e. The lowest BCUT2D eigenvalue weighted by Crippen LogP contribution is -2.41. The van der Waals surface area contributed by atoms with E-state index in [4.69, 9.17) is 0 Å². The molecule has 1 N–H and O–H groups in total. The van der Waals surface area contributed by atoms with Gasteiger partial charge in [0.15, 0.2) is 0 Å². The predicted molar refractivity (Wildman–Crippen MR) is 84.4 cm³/mol. The highest BCUT2D eigenvalue weighted by atomic mass is 16.2. The molecule has 20 heavy (non-hydrogen) atoms. The zero-order valence-corrected chi connectivity index (χ0v) is 12.9. The predicted octanol–water partition coefficient (Wildman–Crippen LogP) is 2.48. The van der Waals surface area contributed by atoms with Gasteiger partial charge in [0.1, 0.15) is 0 Å². The van der Waals surface area contributed by atoms with Crippen molar-refractivity contribution in [3.05, 3.63) is 23.8 Å². The van der Waals surface area contributed by atoms with E-state index in [0.29, 0.717) is 6.04 Å². The van der Waals surface area contributed by atoms with Gasteiger partial charge < -0.3 is 15.1 Å². The van der Waals surface area contributed by atoms with E-state index in [1.807, 2.05) is 4.90 Å². The molecule has 1 aliphatic rings. The molecule has 0 radical (unpaired) electrons. The molecule has 1 saturated heterocycles. The second-order valence-electron chi connectivity index (χ2n) is 5.82. The first-order valence-corrected chi connectivity index (χ1v) is 7.27. The molecule has 4 heteroatoms. The van der Waals surface area contributed by atoms with E-state index in [0.717, 1.165) is 25.9 Å². The Morgan fingerprint density at radius 2 is 1.95 bits per heavy atom. The van der Waals surface area contributed by atoms with Crippen LogP contribution in [0.2, 0.25) is 0 Å². The number of aryl methyl sites for hydroxylation is 1. The average Bonchev–Trinajstić information content (AvgIpc) is 2.41. The monoisotopic (exact) mass is 275 g/mol. The summed E-state index contributed by atoms with van der Waals surface area (Å²) in [6, 6.07) is 6.96. The summed E-state index contributed by atoms with van der Waals surface area (Å²) >= 11 is 0. The maximum absolute atomic E-state index is 11.3. The summed E-state index contributed by atoms with van der Waals surface area (Å²) in [7, 11) is 4.13. The van der Waals surface area contributed by atoms with Gasteiger partial charge in [0.25, 0.3) is 0 Å². The number of likely N-dealkylation sites (tertiary alicyclic amines) is 1. The van der Waals surface area contributed by atoms with Gasteiger partial charge in [-0.25, -0.2) is 0 Å². The van der Waals surface area contributed by atoms with Crippen LogP contribution in [0.25, 0.3) is 0 Å². The molecule has 2 rings (SSSR count). The first-order valence-electron chi connectivity index (χ1n) is 7.27. The Balaban J connectivity index is 1.98. The summed E-state index contributed by atoms with van der Waals surface area (Å²) in [5.74, 6) is 0.189. The third-order valence-electron chi connectivity index (χ3n) is 4.00. The third-order valence-corrected chi connectivity index (χ3v) is 4.00. The molecule has 0 saturated carbocycles. The SMILES string of the molecule is CC(=O)N1CCC(Nc2ccc(C)c(N(C)C)c2)CC1. The van der Waals surface area contributed by atoms with Crippen molar-refractivity contribution in [1.82, 2.24) is 4.90 Å². The first-order chi connectivity index (χ1) is 9.47. The summed E-state index contributed by atoms with van der Waals surface area (Å²) < 4.78 is 0. The Hall–Kier alpha value is -1.71. The van der Waals surface area contributed by atoms with E-state index in [1.54, 1.807) is 6.92 Å². The number of nitrogens with zero attached hydrogens (tertiary/aromatic N) is 2. The Morgan fingerprint density at radius 1 is 1.30 bits per heavy atom. The van der Waals surface area contributed by atoms with Gasteiger partial charge in [0.2, 0.25) is 5.91 Å². The minimum absolute atomic E-state index is 0.189. The molecule has 0 unspecified atom stereocenters. The molecule has 1 amide bonds. The number of hydrogen-bond acceptors (Lipinski definition) is 3. The van der Waals surface area contributed by atoms with Crippen LogP contribution < -0.4 is 10.2 Å². The molecule has 1 aromatic carbocycles. The number of amides is 1. The fourth-order valence-electron chi connectivity index (χ4n) is 2.76. The number of anilines is 2. The number of piperidine rings is 1. The van der Waals surface area contributed by atoms with Crippen LogP contribution in [-0.4, -0.2) is 44.0 Å². The smallest absolute Gasteiger partial charge is 0.219 e. The summed E-state index contributed by atoms with van der Waals surface area (Å²) in [6.07, 6.45) is 2.04. The van der Waals surface area contributed by atoms with Gasteiger partial charge in [-0.3, -0.25) is 4.79 Å². The van der Waals surface area contributed by atoms with Crippen LogP contribution in [0.5, 0.6) is 0 Å². The van der Waals surface area contributed by atoms with Gasteiger partial charge in [-0.2, -0.15) is 0 Å². The first kappa shape index (κ1) is 14.7. The second kappa shape index (κ2) is 6.16. The Morgan fingerprint density at radius 3 is 2.50 bits per heavy atom. The van der Waals surface area contributed by atoms with E-state index in [1.165, 1.54) is 16.9 Å². The Bertz CT molecular complexity index is 477. The van der Waals surface area contributed by atoms with Crippen molar-refractivity contribution in [1.29, 1.82) is 0 Å². The summed E-state index contributed by atoms with van der Waals surface area (Å²) in [4.78, 5) is 15.4. The maximum Gasteiger partial charge on any atom is 0.219 e. The zero-order chi connectivity index (χ0) is 14.7. The topological polar surface area (TPSA) is 35.6 Å². The fourth-order valence-corrected chi connectivity index (χ4v) is 2.76. The van der Waals surface area contributed by atoms with E-state index in [2.05, 4.69) is 49.4 Å². The van der Waals surface area contributed by atoms with Gasteiger partial charge in [-0.15, -0.1) is 0 Å². The van der Waals surface area contributed by atoms with Crippen LogP contribution in [0.3, 0.4) is 0 Å². The van der Waals surface area contributed by atoms with Gasteiger partial charge >= 0.3 is 0 Å². The van der Waals surface area contributed by atoms with Crippen molar-refractivity contribution in [3.63, 3.8) is 0 Å². The van der Waals surface area contributed by atoms with Crippen LogP contribution in [0.1, 0.15) is 25.3 Å². The molecule has 1 fully saturated rings. The molecule has 1 heterocycles. The number of carbonyl (C=O) groups is 1. The molecule has 4 nitrogen and oxygen atoms in total. The number of hydrogen-bond donors (Lipinski definition) is 1. The van der Waals surface area contributed by atoms with Crippen LogP contribution in [0.15, 0.2) is 18.2 Å². The van der Waals surface area contributed by atoms with Crippen LogP contribution in [-0.2, 0) is 4.79 Å². The van der Waals surface area contributed by atoms with Crippen molar-refractivity contribution in [3.8, 4) is 0 Å². The summed E-state index contributed by atoms with van der Waals surface area (Å²) in [5.41, 5.74) is 3.70. The van der Waals surface area contributed by atoms with Crippen molar-refractivity contribution in [2.75, 3.05) is 37.4 Å². The maximum atomic E-state index is 11.3. The van der Waals surface area contributed by atoms with Gasteiger partial charge in [-0.05, 0) is 37.5 Å². The lowest BCUT2D eigenvalue weighted by molar-refractivity contribution is -0.129. The molecule has 1 aromatic rings. The van der Waals surface area contributed by atoms with E-state index < -0.39 is 0 Å². The second-order valence-corrected chi connectivity index (χ2v) is 5.82. The van der Waals surface area contributed by atoms with E-state index in [-0.39, 0.29) is 5.91 Å². The fraction of sp³-hybridized carbons (Fsp3) is 0.562. The zero-order valence-electron chi connectivity index (χ0n) is 12.9. The largest absolute Gasteiger partial charge is 0.382 e. The van der Waals surface area contributed by atoms with Crippen molar-refractivity contribution in [2.24, 2.45) is 0 Å². The van der Waals surface area contributed by atoms with Gasteiger partial charge in [0.05, 0.1) is 0 Å². The summed E-state index contributed by atoms with van der Waals surface area (Å²) in [6.45, 7) is 5.50. The number of carbonyl (C=O) groups excluding carboxylic acids is 1. The van der Waals surface area contributed by atoms with Crippen molar-refractivity contribution >= 4 is 17.3 Å². The number of benzene rings is 1. The minimum atomic E-state index is 0.189. The molecule has 0 spiro atoms.